The van der Waals surface area contributed by atoms with E-state index in [0.29, 0.717) is 30.3 Å². The summed E-state index contributed by atoms with van der Waals surface area (Å²) in [5, 5.41) is 33.9. The van der Waals surface area contributed by atoms with Crippen molar-refractivity contribution in [2.45, 2.75) is 126 Å². The van der Waals surface area contributed by atoms with Crippen molar-refractivity contribution >= 4 is 5.97 Å². The highest BCUT2D eigenvalue weighted by molar-refractivity contribution is 5.74. The molecule has 5 heteroatoms. The van der Waals surface area contributed by atoms with E-state index >= 15 is 0 Å². The smallest absolute Gasteiger partial charge is 0.0990 e. The number of aliphatic carboxylic acids is 1. The number of hydrogen-bond donors (Lipinski definition) is 3. The van der Waals surface area contributed by atoms with Gasteiger partial charge in [-0.2, -0.15) is 0 Å². The van der Waals surface area contributed by atoms with Crippen molar-refractivity contribution in [1.82, 2.24) is 0 Å². The van der Waals surface area contributed by atoms with E-state index in [1.54, 1.807) is 0 Å². The van der Waals surface area contributed by atoms with Crippen LogP contribution in [0.3, 0.4) is 0 Å². The monoisotopic (exact) mass is 559 g/mol. The quantitative estimate of drug-likeness (QED) is 0.336. The number of carbonyl (C=O) groups excluding carboxylic acids is 1. The van der Waals surface area contributed by atoms with E-state index in [2.05, 4.69) is 66.8 Å². The first kappa shape index (κ1) is 32.0. The van der Waals surface area contributed by atoms with Crippen LogP contribution in [0.5, 0.6) is 0 Å². The lowest BCUT2D eigenvalue weighted by atomic mass is 9.33. The lowest BCUT2D eigenvalue weighted by Gasteiger charge is -2.71. The third-order valence-electron chi connectivity index (χ3n) is 14.2. The van der Waals surface area contributed by atoms with Gasteiger partial charge in [-0.25, -0.2) is 0 Å². The van der Waals surface area contributed by atoms with Crippen molar-refractivity contribution in [2.75, 3.05) is 19.7 Å². The number of fused-ring (bicyclic) bond motifs is 7. The van der Waals surface area contributed by atoms with Crippen LogP contribution in [0.15, 0.2) is 11.6 Å². The van der Waals surface area contributed by atoms with E-state index in [1.807, 2.05) is 0 Å². The molecule has 5 aliphatic carbocycles. The van der Waals surface area contributed by atoms with Crippen molar-refractivity contribution in [1.29, 1.82) is 0 Å². The predicted molar refractivity (Wildman–Crippen MR) is 159 cm³/mol. The molecule has 0 aromatic carbocycles. The molecule has 4 N–H and O–H groups in total. The second-order valence-corrected chi connectivity index (χ2v) is 16.1. The van der Waals surface area contributed by atoms with Crippen LogP contribution in [0, 0.1) is 56.7 Å². The normalized spacial score (nSPS) is 47.3. The van der Waals surface area contributed by atoms with E-state index in [1.165, 1.54) is 24.8 Å². The minimum absolute atomic E-state index is 0.0385. The number of carbonyl (C=O) groups is 1. The number of nitrogens with two attached hydrogens (primary N) is 1. The zero-order valence-corrected chi connectivity index (χ0v) is 27.0. The Kier molecular flexibility index (Phi) is 9.05. The zero-order valence-electron chi connectivity index (χ0n) is 27.0. The van der Waals surface area contributed by atoms with Crippen molar-refractivity contribution in [3.05, 3.63) is 11.6 Å². The molecular weight excluding hydrogens is 498 g/mol. The van der Waals surface area contributed by atoms with Gasteiger partial charge in [-0.05, 0) is 115 Å². The second kappa shape index (κ2) is 11.3. The van der Waals surface area contributed by atoms with Gasteiger partial charge in [0, 0.05) is 11.4 Å². The van der Waals surface area contributed by atoms with Crippen LogP contribution in [0.1, 0.15) is 120 Å². The maximum atomic E-state index is 12.7. The zero-order chi connectivity index (χ0) is 29.7. The first-order valence-electron chi connectivity index (χ1n) is 16.7. The summed E-state index contributed by atoms with van der Waals surface area (Å²) < 4.78 is 0. The third-order valence-corrected chi connectivity index (χ3v) is 14.2. The van der Waals surface area contributed by atoms with Gasteiger partial charge in [0.1, 0.15) is 0 Å². The average Bonchev–Trinajstić information content (AvgIpc) is 2.89. The molecule has 0 aliphatic heterocycles. The number of carboxylic acid groups (broad SMARTS) is 1. The molecule has 0 amide bonds. The number of hydrogen-bond acceptors (Lipinski definition) is 4. The molecule has 0 spiro atoms. The van der Waals surface area contributed by atoms with E-state index in [4.69, 9.17) is 5.11 Å². The maximum Gasteiger partial charge on any atom is 0.0990 e. The number of allylic oxidation sites excluding steroid dienone is 2. The number of quaternary nitrogens is 1. The molecule has 0 saturated heterocycles. The molecule has 5 nitrogen and oxygen atoms in total. The third kappa shape index (κ3) is 4.64. The Morgan fingerprint density at radius 3 is 2.30 bits per heavy atom. The molecule has 40 heavy (non-hydrogen) atoms. The van der Waals surface area contributed by atoms with E-state index in [0.717, 1.165) is 58.0 Å². The van der Waals surface area contributed by atoms with Gasteiger partial charge >= 0.3 is 0 Å². The summed E-state index contributed by atoms with van der Waals surface area (Å²) in [7, 11) is 0. The first-order valence-corrected chi connectivity index (χ1v) is 16.7. The molecule has 4 fully saturated rings. The van der Waals surface area contributed by atoms with E-state index < -0.39 is 11.4 Å². The van der Waals surface area contributed by atoms with Crippen LogP contribution in [-0.2, 0) is 4.79 Å². The number of aliphatic hydroxyl groups excluding tert-OH is 2. The van der Waals surface area contributed by atoms with Crippen molar-refractivity contribution in [3.63, 3.8) is 0 Å². The molecule has 2 unspecified atom stereocenters. The molecule has 230 valence electrons. The van der Waals surface area contributed by atoms with Crippen molar-refractivity contribution in [3.8, 4) is 0 Å². The minimum atomic E-state index is -0.792. The van der Waals surface area contributed by atoms with Gasteiger partial charge in [-0.3, -0.25) is 0 Å². The number of carboxylic acids is 1. The van der Waals surface area contributed by atoms with Gasteiger partial charge in [0.25, 0.3) is 0 Å². The van der Waals surface area contributed by atoms with E-state index in [-0.39, 0.29) is 33.7 Å². The van der Waals surface area contributed by atoms with Gasteiger partial charge in [0.05, 0.1) is 25.8 Å². The lowest BCUT2D eigenvalue weighted by molar-refractivity contribution is -0.655. The van der Waals surface area contributed by atoms with Crippen LogP contribution in [0.4, 0.5) is 0 Å². The largest absolute Gasteiger partial charge is 0.550 e. The molecular formula is C35H61NO4. The van der Waals surface area contributed by atoms with E-state index in [9.17, 15) is 15.0 Å². The Morgan fingerprint density at radius 1 is 0.975 bits per heavy atom. The molecule has 10 atom stereocenters. The fraction of sp³-hybridized carbons (Fsp3) is 0.914. The summed E-state index contributed by atoms with van der Waals surface area (Å²) in [6.45, 7) is 21.3. The predicted octanol–water partition coefficient (Wildman–Crippen LogP) is 4.71. The van der Waals surface area contributed by atoms with Crippen LogP contribution in [0.25, 0.3) is 0 Å². The van der Waals surface area contributed by atoms with Gasteiger partial charge < -0.3 is 25.4 Å². The summed E-state index contributed by atoms with van der Waals surface area (Å²) in [6, 6.07) is 0. The molecule has 4 saturated carbocycles. The summed E-state index contributed by atoms with van der Waals surface area (Å²) >= 11 is 0. The standard InChI is InChI=1S/C30H48O3.C5H13NO/c1-18-10-15-30(25(32)33)17-16-28(6)20(24(30)19(18)2)8-9-22-27(5)13-12-23(31)26(3,4)21(27)11-14-29(22,28)7;1-2-3-6-4-5-7/h8,18-19,21-24,31H,9-17H2,1-7H3,(H,32,33);6-7H,2-5H2,1H3/t18-,19+,21?,22?,23+,24+,27+,28-,29-,30+;/m1./s1. The molecule has 5 rings (SSSR count). The van der Waals surface area contributed by atoms with Crippen LogP contribution in [-0.4, -0.2) is 42.0 Å². The second-order valence-electron chi connectivity index (χ2n) is 16.1. The highest BCUT2D eigenvalue weighted by Crippen LogP contribution is 2.75. The minimum Gasteiger partial charge on any atom is -0.550 e. The topological polar surface area (TPSA) is 97.2 Å². The Balaban J connectivity index is 0.000000470. The summed E-state index contributed by atoms with van der Waals surface area (Å²) in [4.78, 5) is 12.7. The molecule has 0 aromatic heterocycles. The van der Waals surface area contributed by atoms with Gasteiger partial charge in [-0.1, -0.05) is 67.0 Å². The fourth-order valence-corrected chi connectivity index (χ4v) is 11.3. The average molecular weight is 560 g/mol. The Morgan fingerprint density at radius 2 is 1.68 bits per heavy atom. The van der Waals surface area contributed by atoms with Crippen molar-refractivity contribution < 1.29 is 25.4 Å². The Labute approximate surface area is 245 Å². The van der Waals surface area contributed by atoms with Gasteiger partial charge in [0.15, 0.2) is 0 Å². The Bertz CT molecular complexity index is 957. The highest BCUT2D eigenvalue weighted by Gasteiger charge is 2.68. The molecule has 5 aliphatic rings. The molecule has 0 heterocycles. The van der Waals surface area contributed by atoms with Gasteiger partial charge in [0.2, 0.25) is 0 Å². The molecule has 0 aromatic rings. The summed E-state index contributed by atoms with van der Waals surface area (Å²) in [5.41, 5.74) is 1.24. The Hall–Kier alpha value is -0.910. The van der Waals surface area contributed by atoms with Crippen LogP contribution >= 0.6 is 0 Å². The highest BCUT2D eigenvalue weighted by atomic mass is 16.4. The van der Waals surface area contributed by atoms with Gasteiger partial charge in [-0.15, -0.1) is 0 Å². The SMILES string of the molecule is CCC[NH2+]CCO.C[C@H]1[C@H](C)CC[C@]2(C(=O)[O-])CC[C@]3(C)C(=CCC4[C@@]5(C)CC[C@H](O)C(C)(C)C5CC[C@]43C)[C@H]12. The number of rotatable bonds is 5. The lowest BCUT2D eigenvalue weighted by Crippen LogP contribution is -2.85. The molecule has 0 bridgehead atoms. The number of aliphatic hydroxyl groups is 2. The van der Waals surface area contributed by atoms with Crippen LogP contribution < -0.4 is 10.4 Å². The first-order chi connectivity index (χ1) is 18.7. The maximum absolute atomic E-state index is 12.7. The fourth-order valence-electron chi connectivity index (χ4n) is 11.3. The summed E-state index contributed by atoms with van der Waals surface area (Å²) in [5.74, 6) is 1.42. The van der Waals surface area contributed by atoms with Crippen LogP contribution in [0.2, 0.25) is 0 Å². The molecule has 0 radical (unpaired) electrons. The summed E-state index contributed by atoms with van der Waals surface area (Å²) in [6.07, 6.45) is 12.5. The van der Waals surface area contributed by atoms with Crippen molar-refractivity contribution in [2.24, 2.45) is 56.7 Å².